The third-order valence-corrected chi connectivity index (χ3v) is 8.70. The van der Waals surface area contributed by atoms with Gasteiger partial charge in [-0.1, -0.05) is 27.7 Å². The molecule has 1 heterocycles. The van der Waals surface area contributed by atoms with Crippen molar-refractivity contribution in [2.75, 3.05) is 14.2 Å². The fourth-order valence-electron chi connectivity index (χ4n) is 6.60. The molecule has 1 spiro atoms. The first-order valence-corrected chi connectivity index (χ1v) is 10.8. The predicted octanol–water partition coefficient (Wildman–Crippen LogP) is 4.39. The first-order valence-electron chi connectivity index (χ1n) is 10.8. The first kappa shape index (κ1) is 20.5. The molecule has 2 aliphatic carbocycles. The molecule has 0 saturated heterocycles. The SMILES string of the molecule is COC(=O)c1cc(OC)c2c(c1)O[C@@]13CCC(O)C(C)(C)[C@@H]1CC[C@H](C)[C@@]3(C)C2. The Balaban J connectivity index is 1.90. The fourth-order valence-corrected chi connectivity index (χ4v) is 6.60. The number of ether oxygens (including phenoxy) is 3. The smallest absolute Gasteiger partial charge is 0.338 e. The summed E-state index contributed by atoms with van der Waals surface area (Å²) in [7, 11) is 3.02. The molecule has 1 unspecified atom stereocenters. The molecule has 3 aliphatic rings. The van der Waals surface area contributed by atoms with Crippen molar-refractivity contribution < 1.29 is 24.1 Å². The molecule has 1 aromatic carbocycles. The van der Waals surface area contributed by atoms with Gasteiger partial charge in [0, 0.05) is 16.9 Å². The Morgan fingerprint density at radius 1 is 1.17 bits per heavy atom. The van der Waals surface area contributed by atoms with Gasteiger partial charge in [-0.3, -0.25) is 0 Å². The van der Waals surface area contributed by atoms with Gasteiger partial charge in [-0.2, -0.15) is 0 Å². The van der Waals surface area contributed by atoms with Gasteiger partial charge in [0.1, 0.15) is 17.1 Å². The molecule has 0 bridgehead atoms. The van der Waals surface area contributed by atoms with Crippen molar-refractivity contribution in [1.29, 1.82) is 0 Å². The highest BCUT2D eigenvalue weighted by Gasteiger charge is 2.67. The summed E-state index contributed by atoms with van der Waals surface area (Å²) in [6, 6.07) is 3.57. The first-order chi connectivity index (χ1) is 13.6. The molecular formula is C24H34O5. The summed E-state index contributed by atoms with van der Waals surface area (Å²) in [5.41, 5.74) is 0.824. The van der Waals surface area contributed by atoms with Crippen LogP contribution < -0.4 is 9.47 Å². The maximum Gasteiger partial charge on any atom is 0.338 e. The standard InChI is InChI=1S/C24H34O5/c1-14-7-8-19-22(2,3)20(25)9-10-24(19)23(14,4)13-16-17(27-5)11-15(21(26)28-6)12-18(16)29-24/h11-12,14,19-20,25H,7-10,13H2,1-6H3/t14-,19-,20?,23+,24-/m0/s1. The molecule has 2 fully saturated rings. The number of benzene rings is 1. The van der Waals surface area contributed by atoms with Crippen LogP contribution in [0, 0.1) is 22.7 Å². The van der Waals surface area contributed by atoms with Crippen LogP contribution in [0.1, 0.15) is 69.3 Å². The lowest BCUT2D eigenvalue weighted by Crippen LogP contribution is -2.70. The molecular weight excluding hydrogens is 368 g/mol. The summed E-state index contributed by atoms with van der Waals surface area (Å²) in [6.45, 7) is 9.06. The van der Waals surface area contributed by atoms with E-state index in [4.69, 9.17) is 14.2 Å². The minimum atomic E-state index is -0.395. The summed E-state index contributed by atoms with van der Waals surface area (Å²) in [5.74, 6) is 1.76. The monoisotopic (exact) mass is 402 g/mol. The summed E-state index contributed by atoms with van der Waals surface area (Å²) < 4.78 is 17.6. The molecule has 4 rings (SSSR count). The Morgan fingerprint density at radius 2 is 1.90 bits per heavy atom. The molecule has 1 N–H and O–H groups in total. The number of hydrogen-bond donors (Lipinski definition) is 1. The number of carbonyl (C=O) groups is 1. The average Bonchev–Trinajstić information content (AvgIpc) is 2.69. The lowest BCUT2D eigenvalue weighted by Gasteiger charge is -2.66. The van der Waals surface area contributed by atoms with Crippen LogP contribution in [-0.2, 0) is 11.2 Å². The van der Waals surface area contributed by atoms with E-state index in [-0.39, 0.29) is 28.5 Å². The fraction of sp³-hybridized carbons (Fsp3) is 0.708. The Hall–Kier alpha value is -1.75. The zero-order valence-electron chi connectivity index (χ0n) is 18.5. The molecule has 0 radical (unpaired) electrons. The molecule has 0 aromatic heterocycles. The minimum absolute atomic E-state index is 0.0691. The Morgan fingerprint density at radius 3 is 2.55 bits per heavy atom. The Labute approximate surface area is 173 Å². The van der Waals surface area contributed by atoms with Gasteiger partial charge in [-0.05, 0) is 55.6 Å². The van der Waals surface area contributed by atoms with E-state index in [1.165, 1.54) is 7.11 Å². The lowest BCUT2D eigenvalue weighted by molar-refractivity contribution is -0.233. The quantitative estimate of drug-likeness (QED) is 0.744. The molecule has 1 aromatic rings. The zero-order chi connectivity index (χ0) is 21.2. The van der Waals surface area contributed by atoms with Gasteiger partial charge >= 0.3 is 5.97 Å². The van der Waals surface area contributed by atoms with Crippen LogP contribution in [0.2, 0.25) is 0 Å². The van der Waals surface area contributed by atoms with Crippen molar-refractivity contribution in [3.8, 4) is 11.5 Å². The number of rotatable bonds is 2. The van der Waals surface area contributed by atoms with Crippen molar-refractivity contribution in [2.45, 2.75) is 71.5 Å². The topological polar surface area (TPSA) is 65.0 Å². The van der Waals surface area contributed by atoms with Gasteiger partial charge < -0.3 is 19.3 Å². The largest absolute Gasteiger partial charge is 0.496 e. The van der Waals surface area contributed by atoms with Crippen LogP contribution in [-0.4, -0.2) is 37.0 Å². The normalized spacial score (nSPS) is 37.4. The molecule has 29 heavy (non-hydrogen) atoms. The van der Waals surface area contributed by atoms with Gasteiger partial charge in [0.15, 0.2) is 0 Å². The Kier molecular flexibility index (Phi) is 4.69. The molecule has 1 aliphatic heterocycles. The summed E-state index contributed by atoms with van der Waals surface area (Å²) in [4.78, 5) is 12.2. The van der Waals surface area contributed by atoms with Crippen LogP contribution in [0.3, 0.4) is 0 Å². The van der Waals surface area contributed by atoms with Crippen molar-refractivity contribution in [1.82, 2.24) is 0 Å². The van der Waals surface area contributed by atoms with E-state index in [1.807, 2.05) is 6.07 Å². The summed E-state index contributed by atoms with van der Waals surface area (Å²) in [6.07, 6.45) is 4.25. The molecule has 0 amide bonds. The van der Waals surface area contributed by atoms with Crippen LogP contribution in [0.25, 0.3) is 0 Å². The maximum absolute atomic E-state index is 12.2. The molecule has 2 saturated carbocycles. The van der Waals surface area contributed by atoms with E-state index in [0.717, 1.165) is 43.4 Å². The molecule has 5 nitrogen and oxygen atoms in total. The molecule has 160 valence electrons. The van der Waals surface area contributed by atoms with Gasteiger partial charge in [0.2, 0.25) is 0 Å². The van der Waals surface area contributed by atoms with E-state index in [2.05, 4.69) is 27.7 Å². The number of hydrogen-bond acceptors (Lipinski definition) is 5. The van der Waals surface area contributed by atoms with Crippen molar-refractivity contribution in [3.63, 3.8) is 0 Å². The summed E-state index contributed by atoms with van der Waals surface area (Å²) >= 11 is 0. The van der Waals surface area contributed by atoms with E-state index < -0.39 is 5.97 Å². The maximum atomic E-state index is 12.2. The average molecular weight is 403 g/mol. The highest BCUT2D eigenvalue weighted by molar-refractivity contribution is 5.90. The second-order valence-corrected chi connectivity index (χ2v) is 10.1. The van der Waals surface area contributed by atoms with Gasteiger partial charge in [0.05, 0.1) is 25.9 Å². The van der Waals surface area contributed by atoms with E-state index in [0.29, 0.717) is 17.2 Å². The number of aliphatic hydroxyl groups is 1. The predicted molar refractivity (Wildman–Crippen MR) is 110 cm³/mol. The number of carbonyl (C=O) groups excluding carboxylic acids is 1. The molecule has 5 heteroatoms. The van der Waals surface area contributed by atoms with Crippen LogP contribution in [0.5, 0.6) is 11.5 Å². The van der Waals surface area contributed by atoms with Crippen LogP contribution in [0.15, 0.2) is 12.1 Å². The van der Waals surface area contributed by atoms with Crippen molar-refractivity contribution in [3.05, 3.63) is 23.3 Å². The van der Waals surface area contributed by atoms with E-state index in [1.54, 1.807) is 13.2 Å². The third-order valence-electron chi connectivity index (χ3n) is 8.70. The Bertz CT molecular complexity index is 831. The highest BCUT2D eigenvalue weighted by Crippen LogP contribution is 2.66. The van der Waals surface area contributed by atoms with Gasteiger partial charge in [-0.25, -0.2) is 4.79 Å². The number of methoxy groups -OCH3 is 2. The second-order valence-electron chi connectivity index (χ2n) is 10.1. The van der Waals surface area contributed by atoms with Crippen molar-refractivity contribution >= 4 is 5.97 Å². The number of aliphatic hydroxyl groups excluding tert-OH is 1. The van der Waals surface area contributed by atoms with Gasteiger partial charge in [-0.15, -0.1) is 0 Å². The highest BCUT2D eigenvalue weighted by atomic mass is 16.5. The van der Waals surface area contributed by atoms with Crippen LogP contribution in [0.4, 0.5) is 0 Å². The van der Waals surface area contributed by atoms with E-state index >= 15 is 0 Å². The van der Waals surface area contributed by atoms with Gasteiger partial charge in [0.25, 0.3) is 0 Å². The third kappa shape index (κ3) is 2.66. The summed E-state index contributed by atoms with van der Waals surface area (Å²) in [5, 5.41) is 10.8. The lowest BCUT2D eigenvalue weighted by atomic mass is 9.43. The van der Waals surface area contributed by atoms with Crippen LogP contribution >= 0.6 is 0 Å². The minimum Gasteiger partial charge on any atom is -0.496 e. The van der Waals surface area contributed by atoms with E-state index in [9.17, 15) is 9.90 Å². The second kappa shape index (κ2) is 6.63. The number of fused-ring (bicyclic) bond motifs is 1. The molecule has 5 atom stereocenters. The number of esters is 1. The zero-order valence-corrected chi connectivity index (χ0v) is 18.5. The van der Waals surface area contributed by atoms with Crippen molar-refractivity contribution in [2.24, 2.45) is 22.7 Å².